The fourth-order valence-corrected chi connectivity index (χ4v) is 5.86. The van der Waals surface area contributed by atoms with Gasteiger partial charge in [0.15, 0.2) is 25.2 Å². The van der Waals surface area contributed by atoms with Gasteiger partial charge in [-0.25, -0.2) is 0 Å². The molecule has 332 valence electrons. The van der Waals surface area contributed by atoms with E-state index in [4.69, 9.17) is 48.4 Å². The first-order valence-electron chi connectivity index (χ1n) is 18.7. The highest BCUT2D eigenvalue weighted by atomic mass is 16.8. The van der Waals surface area contributed by atoms with Gasteiger partial charge in [-0.3, -0.25) is 0 Å². The lowest BCUT2D eigenvalue weighted by Gasteiger charge is -2.44. The smallest absolute Gasteiger partial charge is 0.186 e. The lowest BCUT2D eigenvalue weighted by atomic mass is 9.98. The van der Waals surface area contributed by atoms with E-state index in [1.807, 2.05) is 0 Å². The normalized spacial score (nSPS) is 39.0. The van der Waals surface area contributed by atoms with Crippen LogP contribution in [0.15, 0.2) is 0 Å². The summed E-state index contributed by atoms with van der Waals surface area (Å²) in [5.41, 5.74) is 4.26. The fourth-order valence-electron chi connectivity index (χ4n) is 5.86. The summed E-state index contributed by atoms with van der Waals surface area (Å²) in [5.74, 6) is 0. The fraction of sp³-hybridized carbons (Fsp3) is 1.00. The lowest BCUT2D eigenvalue weighted by Crippen LogP contribution is -2.63. The summed E-state index contributed by atoms with van der Waals surface area (Å²) in [6, 6.07) is 0. The number of hydrogen-bond donors (Lipinski definition) is 13. The van der Waals surface area contributed by atoms with Crippen LogP contribution in [0.2, 0.25) is 0 Å². The number of ether oxygens (including phenoxy) is 9. The van der Waals surface area contributed by atoms with Gasteiger partial charge in [-0.2, -0.15) is 0 Å². The van der Waals surface area contributed by atoms with Crippen molar-refractivity contribution in [3.8, 4) is 0 Å². The molecule has 3 fully saturated rings. The monoisotopic (exact) mass is 822 g/mol. The summed E-state index contributed by atoms with van der Waals surface area (Å²) in [6.07, 6.45) is -28.3. The molecule has 14 N–H and O–H groups in total. The minimum atomic E-state index is -1.85. The average Bonchev–Trinajstić information content (AvgIpc) is 3.12. The van der Waals surface area contributed by atoms with Crippen LogP contribution in [0.25, 0.3) is 0 Å². The van der Waals surface area contributed by atoms with Crippen LogP contribution >= 0.6 is 0 Å². The molecule has 0 saturated carbocycles. The van der Waals surface area contributed by atoms with Crippen molar-refractivity contribution >= 4 is 0 Å². The van der Waals surface area contributed by atoms with Gasteiger partial charge in [0, 0.05) is 19.6 Å². The number of nitrogens with one attached hydrogen (secondary N) is 1. The van der Waals surface area contributed by atoms with E-state index in [1.165, 1.54) is 0 Å². The van der Waals surface area contributed by atoms with Gasteiger partial charge in [0.2, 0.25) is 0 Å². The molecule has 3 rings (SSSR count). The Kier molecular flexibility index (Phi) is 19.5. The number of rotatable bonds is 20. The van der Waals surface area contributed by atoms with E-state index in [1.54, 1.807) is 41.5 Å². The van der Waals surface area contributed by atoms with Gasteiger partial charge in [-0.15, -0.1) is 0 Å². The summed E-state index contributed by atoms with van der Waals surface area (Å²) >= 11 is 0. The van der Waals surface area contributed by atoms with Gasteiger partial charge >= 0.3 is 0 Å². The maximum absolute atomic E-state index is 10.7. The zero-order valence-electron chi connectivity index (χ0n) is 32.7. The average molecular weight is 823 g/mol. The van der Waals surface area contributed by atoms with Crippen molar-refractivity contribution in [1.29, 1.82) is 0 Å². The van der Waals surface area contributed by atoms with Gasteiger partial charge < -0.3 is 110 Å². The van der Waals surface area contributed by atoms with E-state index >= 15 is 0 Å². The third-order valence-corrected chi connectivity index (χ3v) is 9.02. The van der Waals surface area contributed by atoms with Crippen molar-refractivity contribution in [2.24, 2.45) is 5.73 Å². The Bertz CT molecular complexity index is 1120. The quantitative estimate of drug-likeness (QED) is 0.0401. The van der Waals surface area contributed by atoms with Crippen LogP contribution < -0.4 is 11.1 Å². The van der Waals surface area contributed by atoms with E-state index in [-0.39, 0.29) is 13.2 Å². The molecular weight excluding hydrogens is 756 g/mol. The van der Waals surface area contributed by atoms with Gasteiger partial charge in [0.1, 0.15) is 85.5 Å². The second-order valence-corrected chi connectivity index (χ2v) is 16.0. The van der Waals surface area contributed by atoms with Crippen LogP contribution in [0.1, 0.15) is 41.5 Å². The summed E-state index contributed by atoms with van der Waals surface area (Å²) in [5, 5.41) is 118. The molecule has 0 aromatic carbocycles. The Morgan fingerprint density at radius 2 is 1.04 bits per heavy atom. The van der Waals surface area contributed by atoms with Crippen molar-refractivity contribution < 1.29 is 98.8 Å². The van der Waals surface area contributed by atoms with E-state index in [0.29, 0.717) is 13.1 Å². The molecule has 0 aliphatic carbocycles. The summed E-state index contributed by atoms with van der Waals surface area (Å²) in [6.45, 7) is 8.95. The maximum atomic E-state index is 10.7. The summed E-state index contributed by atoms with van der Waals surface area (Å²) in [4.78, 5) is 0. The molecule has 0 amide bonds. The molecular formula is C34H66N2O20. The summed E-state index contributed by atoms with van der Waals surface area (Å²) in [7, 11) is 0. The van der Waals surface area contributed by atoms with Crippen LogP contribution in [0.3, 0.4) is 0 Å². The molecule has 18 atom stereocenters. The SMILES string of the molecule is CC(C)(C)OCC1OC(OCC2OC(OCC3OC(OCC(OC(CNCCN)OC(C)(C)C)C(O)CO)C(O)C(O)C3O)C(O)C(O)C2O)C(O)C(O)C1O. The molecule has 3 aliphatic heterocycles. The third kappa shape index (κ3) is 14.4. The molecule has 3 saturated heterocycles. The Labute approximate surface area is 325 Å². The maximum Gasteiger partial charge on any atom is 0.186 e. The Morgan fingerprint density at radius 1 is 0.607 bits per heavy atom. The minimum Gasteiger partial charge on any atom is -0.394 e. The zero-order chi connectivity index (χ0) is 42.1. The van der Waals surface area contributed by atoms with Crippen LogP contribution in [-0.2, 0) is 42.6 Å². The number of aliphatic hydroxyl groups excluding tert-OH is 11. The predicted molar refractivity (Wildman–Crippen MR) is 188 cm³/mol. The first-order valence-corrected chi connectivity index (χ1v) is 18.7. The van der Waals surface area contributed by atoms with Crippen molar-refractivity contribution in [2.75, 3.05) is 52.7 Å². The second kappa shape index (κ2) is 22.1. The van der Waals surface area contributed by atoms with Gasteiger partial charge in [-0.05, 0) is 41.5 Å². The molecule has 22 heteroatoms. The standard InChI is InChI=1S/C34H66N2O20/c1-33(2,3)51-14-19-23(41)26(44)29(47)32(55-19)50-13-18-22(40)25(43)28(46)31(54-18)49-12-17-21(39)24(42)27(45)30(53-17)48-11-16(15(38)10-37)52-20(9-36-8-7-35)56-34(4,5)6/h15-32,36-47H,7-14,35H2,1-6H3. The van der Waals surface area contributed by atoms with E-state index in [0.717, 1.165) is 0 Å². The van der Waals surface area contributed by atoms with E-state index in [9.17, 15) is 56.2 Å². The topological polar surface area (TPSA) is 344 Å². The molecule has 0 spiro atoms. The molecule has 56 heavy (non-hydrogen) atoms. The number of nitrogens with two attached hydrogens (primary N) is 1. The highest BCUT2D eigenvalue weighted by molar-refractivity contribution is 4.93. The van der Waals surface area contributed by atoms with Crippen molar-refractivity contribution in [3.63, 3.8) is 0 Å². The highest BCUT2D eigenvalue weighted by Gasteiger charge is 2.50. The molecule has 0 radical (unpaired) electrons. The first kappa shape index (κ1) is 49.5. The van der Waals surface area contributed by atoms with Gasteiger partial charge in [0.05, 0.1) is 44.2 Å². The largest absolute Gasteiger partial charge is 0.394 e. The van der Waals surface area contributed by atoms with Crippen molar-refractivity contribution in [1.82, 2.24) is 5.32 Å². The van der Waals surface area contributed by atoms with Gasteiger partial charge in [0.25, 0.3) is 0 Å². The molecule has 18 unspecified atom stereocenters. The van der Waals surface area contributed by atoms with Crippen molar-refractivity contribution in [2.45, 2.75) is 163 Å². The van der Waals surface area contributed by atoms with Gasteiger partial charge in [-0.1, -0.05) is 0 Å². The van der Waals surface area contributed by atoms with E-state index in [2.05, 4.69) is 5.32 Å². The Morgan fingerprint density at radius 3 is 1.43 bits per heavy atom. The molecule has 3 aliphatic rings. The minimum absolute atomic E-state index is 0.154. The molecule has 0 aromatic heterocycles. The van der Waals surface area contributed by atoms with Crippen LogP contribution in [0.5, 0.6) is 0 Å². The third-order valence-electron chi connectivity index (χ3n) is 9.02. The van der Waals surface area contributed by atoms with Crippen LogP contribution in [-0.4, -0.2) is 231 Å². The first-order chi connectivity index (χ1) is 26.1. The Hall–Kier alpha value is -0.880. The number of hydrogen-bond acceptors (Lipinski definition) is 22. The lowest BCUT2D eigenvalue weighted by molar-refractivity contribution is -0.345. The predicted octanol–water partition coefficient (Wildman–Crippen LogP) is -6.30. The second-order valence-electron chi connectivity index (χ2n) is 16.0. The van der Waals surface area contributed by atoms with E-state index < -0.39 is 148 Å². The van der Waals surface area contributed by atoms with Crippen LogP contribution in [0.4, 0.5) is 0 Å². The van der Waals surface area contributed by atoms with Crippen molar-refractivity contribution in [3.05, 3.63) is 0 Å². The number of aliphatic hydroxyl groups is 11. The molecule has 22 nitrogen and oxygen atoms in total. The zero-order valence-corrected chi connectivity index (χ0v) is 32.7. The Balaban J connectivity index is 1.63. The molecule has 0 aromatic rings. The highest BCUT2D eigenvalue weighted by Crippen LogP contribution is 2.29. The summed E-state index contributed by atoms with van der Waals surface area (Å²) < 4.78 is 51.3. The molecule has 0 bridgehead atoms. The molecule has 3 heterocycles. The van der Waals surface area contributed by atoms with Crippen LogP contribution in [0, 0.1) is 0 Å².